The molecular formula is C17H21F6N2O2-. The molecule has 0 aromatic heterocycles. The summed E-state index contributed by atoms with van der Waals surface area (Å²) in [6, 6.07) is 0.750. The first-order valence-electron chi connectivity index (χ1n) is 8.22. The molecule has 1 heterocycles. The van der Waals surface area contributed by atoms with E-state index in [9.17, 15) is 31.1 Å². The third-order valence-electron chi connectivity index (χ3n) is 4.11. The van der Waals surface area contributed by atoms with Gasteiger partial charge < -0.3 is 15.3 Å². The van der Waals surface area contributed by atoms with Crippen LogP contribution in [0.2, 0.25) is 0 Å². The van der Waals surface area contributed by atoms with Crippen molar-refractivity contribution in [2.45, 2.75) is 44.6 Å². The molecule has 1 aliphatic heterocycles. The van der Waals surface area contributed by atoms with E-state index >= 15 is 0 Å². The molecule has 0 unspecified atom stereocenters. The monoisotopic (exact) mass is 399 g/mol. The van der Waals surface area contributed by atoms with E-state index in [2.05, 4.69) is 5.32 Å². The van der Waals surface area contributed by atoms with Crippen LogP contribution < -0.4 is 0 Å². The number of alkyl halides is 6. The largest absolute Gasteiger partial charge is 0.659 e. The molecule has 4 nitrogen and oxygen atoms in total. The van der Waals surface area contributed by atoms with Crippen LogP contribution in [0.25, 0.3) is 5.32 Å². The van der Waals surface area contributed by atoms with Crippen LogP contribution >= 0.6 is 0 Å². The normalized spacial score (nSPS) is 16.4. The fourth-order valence-corrected chi connectivity index (χ4v) is 2.45. The molecule has 10 heteroatoms. The van der Waals surface area contributed by atoms with Gasteiger partial charge in [-0.25, -0.2) is 4.79 Å². The van der Waals surface area contributed by atoms with Crippen molar-refractivity contribution in [1.29, 1.82) is 0 Å². The fourth-order valence-electron chi connectivity index (χ4n) is 2.45. The summed E-state index contributed by atoms with van der Waals surface area (Å²) in [6.07, 6.45) is -7.15. The van der Waals surface area contributed by atoms with Gasteiger partial charge in [0.05, 0.1) is 11.1 Å². The molecule has 1 aliphatic rings. The summed E-state index contributed by atoms with van der Waals surface area (Å²) in [6.45, 7) is 2.89. The molecular weight excluding hydrogens is 378 g/mol. The zero-order valence-electron chi connectivity index (χ0n) is 14.9. The molecule has 1 atom stereocenters. The van der Waals surface area contributed by atoms with Gasteiger partial charge in [-0.1, -0.05) is 12.5 Å². The number of hydrogen-bond acceptors (Lipinski definition) is 1. The lowest BCUT2D eigenvalue weighted by Gasteiger charge is -2.25. The lowest BCUT2D eigenvalue weighted by Crippen LogP contribution is -2.34. The second kappa shape index (κ2) is 9.29. The fraction of sp³-hybridized carbons (Fsp3) is 0.588. The van der Waals surface area contributed by atoms with E-state index in [-0.39, 0.29) is 11.6 Å². The Morgan fingerprint density at radius 2 is 1.44 bits per heavy atom. The van der Waals surface area contributed by atoms with Crippen LogP contribution in [0, 0.1) is 0 Å². The highest BCUT2D eigenvalue weighted by molar-refractivity contribution is 5.64. The number of carbonyl (C=O) groups is 1. The van der Waals surface area contributed by atoms with Crippen molar-refractivity contribution in [2.75, 3.05) is 20.1 Å². The Morgan fingerprint density at radius 3 is 1.74 bits per heavy atom. The Bertz CT molecular complexity index is 593. The minimum Gasteiger partial charge on any atom is -0.659 e. The number of amides is 1. The molecule has 154 valence electrons. The van der Waals surface area contributed by atoms with Gasteiger partial charge in [-0.05, 0) is 37.5 Å². The molecule has 0 spiro atoms. The standard InChI is InChI=1S/C11H10F6N.C6H11NO2/c1-6(18-2)7-3-8(10(12,13)14)5-9(4-7)11(15,16)17;8-6(9)7-4-2-1-3-5-7/h3-6H,1-2H3;1-5H2,(H,8,9)/q-1;/t6-;/m1./s1. The molecule has 27 heavy (non-hydrogen) atoms. The minimum absolute atomic E-state index is 0.103. The van der Waals surface area contributed by atoms with E-state index in [0.29, 0.717) is 12.1 Å². The smallest absolute Gasteiger partial charge is 0.416 e. The second-order valence-electron chi connectivity index (χ2n) is 6.10. The number of rotatable bonds is 2. The molecule has 0 aliphatic carbocycles. The third-order valence-corrected chi connectivity index (χ3v) is 4.11. The lowest BCUT2D eigenvalue weighted by molar-refractivity contribution is -0.143. The summed E-state index contributed by atoms with van der Waals surface area (Å²) in [5.74, 6) is 0. The van der Waals surface area contributed by atoms with E-state index in [1.807, 2.05) is 0 Å². The number of nitrogens with zero attached hydrogens (tertiary/aromatic N) is 2. The molecule has 1 fully saturated rings. The summed E-state index contributed by atoms with van der Waals surface area (Å²) in [4.78, 5) is 11.8. The Labute approximate surface area is 153 Å². The quantitative estimate of drug-likeness (QED) is 0.626. The van der Waals surface area contributed by atoms with Crippen molar-refractivity contribution in [1.82, 2.24) is 4.90 Å². The molecule has 0 bridgehead atoms. The van der Waals surface area contributed by atoms with Crippen molar-refractivity contribution in [2.24, 2.45) is 0 Å². The van der Waals surface area contributed by atoms with Crippen LogP contribution in [0.5, 0.6) is 0 Å². The molecule has 0 saturated carbocycles. The molecule has 1 N–H and O–H groups in total. The van der Waals surface area contributed by atoms with Gasteiger partial charge in [-0.15, -0.1) is 6.04 Å². The maximum Gasteiger partial charge on any atom is 0.416 e. The zero-order valence-corrected chi connectivity index (χ0v) is 14.9. The van der Waals surface area contributed by atoms with Gasteiger partial charge in [-0.2, -0.15) is 33.4 Å². The summed E-state index contributed by atoms with van der Waals surface area (Å²) in [5.41, 5.74) is -2.75. The highest BCUT2D eigenvalue weighted by Crippen LogP contribution is 2.38. The molecule has 1 amide bonds. The average molecular weight is 399 g/mol. The van der Waals surface area contributed by atoms with E-state index in [0.717, 1.165) is 25.9 Å². The van der Waals surface area contributed by atoms with Crippen molar-refractivity contribution >= 4 is 6.09 Å². The number of hydrogen-bond donors (Lipinski definition) is 1. The Kier molecular flexibility index (Phi) is 7.94. The Balaban J connectivity index is 0.000000337. The first-order valence-corrected chi connectivity index (χ1v) is 8.22. The van der Waals surface area contributed by atoms with Crippen molar-refractivity contribution in [3.63, 3.8) is 0 Å². The van der Waals surface area contributed by atoms with Gasteiger partial charge in [0.2, 0.25) is 0 Å². The van der Waals surface area contributed by atoms with Crippen LogP contribution in [0.1, 0.15) is 48.9 Å². The highest BCUT2D eigenvalue weighted by atomic mass is 19.4. The van der Waals surface area contributed by atoms with E-state index in [1.165, 1.54) is 25.3 Å². The molecule has 2 rings (SSSR count). The Hall–Kier alpha value is -1.97. The van der Waals surface area contributed by atoms with E-state index in [1.54, 1.807) is 0 Å². The third kappa shape index (κ3) is 7.28. The predicted octanol–water partition coefficient (Wildman–Crippen LogP) is 5.94. The molecule has 1 aromatic rings. The van der Waals surface area contributed by atoms with Gasteiger partial charge in [0, 0.05) is 13.1 Å². The van der Waals surface area contributed by atoms with E-state index < -0.39 is 35.6 Å². The Morgan fingerprint density at radius 1 is 1.00 bits per heavy atom. The summed E-state index contributed by atoms with van der Waals surface area (Å²) in [7, 11) is 1.33. The van der Waals surface area contributed by atoms with Crippen LogP contribution in [-0.4, -0.2) is 36.2 Å². The van der Waals surface area contributed by atoms with Gasteiger partial charge in [-0.3, -0.25) is 0 Å². The van der Waals surface area contributed by atoms with Crippen molar-refractivity contribution < 1.29 is 36.2 Å². The van der Waals surface area contributed by atoms with Crippen LogP contribution in [-0.2, 0) is 12.4 Å². The number of halogens is 6. The first kappa shape index (κ1) is 23.1. The summed E-state index contributed by atoms with van der Waals surface area (Å²) < 4.78 is 75.0. The van der Waals surface area contributed by atoms with Crippen molar-refractivity contribution in [3.8, 4) is 0 Å². The first-order chi connectivity index (χ1) is 12.4. The summed E-state index contributed by atoms with van der Waals surface area (Å²) >= 11 is 0. The van der Waals surface area contributed by atoms with Gasteiger partial charge in [0.15, 0.2) is 0 Å². The SMILES string of the molecule is C[N-][C@H](C)c1cc(C(F)(F)F)cc(C(F)(F)F)c1.O=C(O)N1CCCCC1. The minimum atomic E-state index is -4.82. The van der Waals surface area contributed by atoms with E-state index in [4.69, 9.17) is 5.11 Å². The van der Waals surface area contributed by atoms with Gasteiger partial charge in [0.25, 0.3) is 0 Å². The van der Waals surface area contributed by atoms with Crippen LogP contribution in [0.15, 0.2) is 18.2 Å². The average Bonchev–Trinajstić information content (AvgIpc) is 2.60. The lowest BCUT2D eigenvalue weighted by atomic mass is 10.0. The number of carboxylic acid groups (broad SMARTS) is 1. The van der Waals surface area contributed by atoms with Crippen molar-refractivity contribution in [3.05, 3.63) is 40.2 Å². The van der Waals surface area contributed by atoms with Gasteiger partial charge >= 0.3 is 18.4 Å². The highest BCUT2D eigenvalue weighted by Gasteiger charge is 2.36. The number of benzene rings is 1. The van der Waals surface area contributed by atoms with Crippen LogP contribution in [0.3, 0.4) is 0 Å². The maximum absolute atomic E-state index is 12.5. The molecule has 0 radical (unpaired) electrons. The maximum atomic E-state index is 12.5. The second-order valence-corrected chi connectivity index (χ2v) is 6.10. The molecule has 1 aromatic carbocycles. The predicted molar refractivity (Wildman–Crippen MR) is 87.6 cm³/mol. The zero-order chi connectivity index (χ0) is 20.8. The molecule has 1 saturated heterocycles. The van der Waals surface area contributed by atoms with Crippen LogP contribution in [0.4, 0.5) is 31.1 Å². The topological polar surface area (TPSA) is 54.6 Å². The summed E-state index contributed by atoms with van der Waals surface area (Å²) in [5, 5.41) is 12.1. The number of likely N-dealkylation sites (tertiary alicyclic amines) is 1. The van der Waals surface area contributed by atoms with Gasteiger partial charge in [0.1, 0.15) is 0 Å². The number of piperidine rings is 1.